The van der Waals surface area contributed by atoms with E-state index in [-0.39, 0.29) is 18.4 Å². The number of hydrogen-bond acceptors (Lipinski definition) is 4. The monoisotopic (exact) mass is 245 g/mol. The zero-order chi connectivity index (χ0) is 10.7. The van der Waals surface area contributed by atoms with Crippen LogP contribution in [0.5, 0.6) is 0 Å². The molecule has 1 aliphatic rings. The Morgan fingerprint density at radius 2 is 2.50 bits per heavy atom. The fourth-order valence-corrected chi connectivity index (χ4v) is 1.74. The quantitative estimate of drug-likeness (QED) is 0.789. The van der Waals surface area contributed by atoms with E-state index in [1.807, 2.05) is 4.57 Å². The summed E-state index contributed by atoms with van der Waals surface area (Å²) in [6, 6.07) is 0. The molecule has 90 valence electrons. The van der Waals surface area contributed by atoms with Gasteiger partial charge in [-0.15, -0.1) is 12.4 Å². The van der Waals surface area contributed by atoms with Gasteiger partial charge in [-0.25, -0.2) is 9.78 Å². The zero-order valence-electron chi connectivity index (χ0n) is 9.23. The molecule has 0 saturated carbocycles. The Bertz CT molecular complexity index is 365. The predicted molar refractivity (Wildman–Crippen MR) is 61.8 cm³/mol. The molecule has 1 aromatic rings. The fraction of sp³-hybridized carbons (Fsp3) is 0.600. The summed E-state index contributed by atoms with van der Waals surface area (Å²) in [6.07, 6.45) is 2.78. The van der Waals surface area contributed by atoms with Gasteiger partial charge in [0.15, 0.2) is 5.69 Å². The molecule has 6 heteroatoms. The summed E-state index contributed by atoms with van der Waals surface area (Å²) >= 11 is 0. The van der Waals surface area contributed by atoms with Crippen LogP contribution in [0.25, 0.3) is 0 Å². The minimum Gasteiger partial charge on any atom is -0.461 e. The molecule has 1 aromatic heterocycles. The number of imidazole rings is 1. The number of nitrogens with one attached hydrogen (secondary N) is 1. The Morgan fingerprint density at radius 1 is 1.69 bits per heavy atom. The van der Waals surface area contributed by atoms with Crippen molar-refractivity contribution in [2.75, 3.05) is 13.2 Å². The summed E-state index contributed by atoms with van der Waals surface area (Å²) in [6.45, 7) is 4.76. The van der Waals surface area contributed by atoms with Crippen LogP contribution in [0.2, 0.25) is 0 Å². The lowest BCUT2D eigenvalue weighted by Crippen LogP contribution is -2.16. The van der Waals surface area contributed by atoms with Crippen molar-refractivity contribution in [1.29, 1.82) is 0 Å². The van der Waals surface area contributed by atoms with E-state index in [2.05, 4.69) is 10.3 Å². The molecule has 0 radical (unpaired) electrons. The number of aromatic nitrogens is 2. The second-order valence-corrected chi connectivity index (χ2v) is 3.48. The van der Waals surface area contributed by atoms with Crippen molar-refractivity contribution in [1.82, 2.24) is 14.9 Å². The first-order valence-electron chi connectivity index (χ1n) is 5.24. The third-order valence-electron chi connectivity index (χ3n) is 2.46. The normalized spacial score (nSPS) is 14.6. The van der Waals surface area contributed by atoms with E-state index < -0.39 is 0 Å². The Labute approximate surface area is 101 Å². The van der Waals surface area contributed by atoms with Crippen molar-refractivity contribution < 1.29 is 9.53 Å². The van der Waals surface area contributed by atoms with Gasteiger partial charge in [0.1, 0.15) is 0 Å². The van der Waals surface area contributed by atoms with Crippen molar-refractivity contribution in [3.8, 4) is 0 Å². The molecule has 0 fully saturated rings. The summed E-state index contributed by atoms with van der Waals surface area (Å²) in [7, 11) is 0. The summed E-state index contributed by atoms with van der Waals surface area (Å²) in [4.78, 5) is 15.7. The minimum atomic E-state index is -0.324. The van der Waals surface area contributed by atoms with Crippen molar-refractivity contribution in [3.63, 3.8) is 0 Å². The molecule has 0 aliphatic carbocycles. The number of carbonyl (C=O) groups excluding carboxylic acids is 1. The second kappa shape index (κ2) is 5.86. The van der Waals surface area contributed by atoms with Crippen LogP contribution in [0.3, 0.4) is 0 Å². The van der Waals surface area contributed by atoms with E-state index in [1.54, 1.807) is 13.3 Å². The van der Waals surface area contributed by atoms with Gasteiger partial charge >= 0.3 is 5.97 Å². The number of nitrogens with zero attached hydrogens (tertiary/aromatic N) is 2. The van der Waals surface area contributed by atoms with Gasteiger partial charge in [-0.2, -0.15) is 0 Å². The number of halogens is 1. The molecule has 0 unspecified atom stereocenters. The highest BCUT2D eigenvalue weighted by Gasteiger charge is 2.19. The van der Waals surface area contributed by atoms with E-state index in [9.17, 15) is 4.79 Å². The van der Waals surface area contributed by atoms with Gasteiger partial charge in [-0.05, 0) is 19.9 Å². The van der Waals surface area contributed by atoms with Gasteiger partial charge in [-0.3, -0.25) is 0 Å². The average Bonchev–Trinajstić information content (AvgIpc) is 2.48. The Kier molecular flexibility index (Phi) is 4.76. The first-order valence-corrected chi connectivity index (χ1v) is 5.24. The summed E-state index contributed by atoms with van der Waals surface area (Å²) in [5.74, 6) is -0.324. The van der Waals surface area contributed by atoms with Crippen LogP contribution >= 0.6 is 12.4 Å². The maximum atomic E-state index is 11.6. The van der Waals surface area contributed by atoms with Crippen molar-refractivity contribution in [2.45, 2.75) is 26.4 Å². The highest BCUT2D eigenvalue weighted by Crippen LogP contribution is 2.12. The molecule has 0 saturated heterocycles. The van der Waals surface area contributed by atoms with Crippen molar-refractivity contribution >= 4 is 18.4 Å². The zero-order valence-corrected chi connectivity index (χ0v) is 10.0. The van der Waals surface area contributed by atoms with Crippen LogP contribution in [-0.2, 0) is 17.8 Å². The molecule has 0 amide bonds. The highest BCUT2D eigenvalue weighted by molar-refractivity contribution is 5.88. The average molecular weight is 246 g/mol. The molecule has 0 atom stereocenters. The number of ether oxygens (including phenoxy) is 1. The van der Waals surface area contributed by atoms with Crippen molar-refractivity contribution in [3.05, 3.63) is 17.7 Å². The number of fused-ring (bicyclic) bond motifs is 1. The molecule has 16 heavy (non-hydrogen) atoms. The smallest absolute Gasteiger partial charge is 0.358 e. The lowest BCUT2D eigenvalue weighted by atomic mass is 10.3. The first kappa shape index (κ1) is 13.0. The van der Waals surface area contributed by atoms with Gasteiger partial charge in [0.25, 0.3) is 0 Å². The lowest BCUT2D eigenvalue weighted by molar-refractivity contribution is 0.0518. The van der Waals surface area contributed by atoms with Crippen LogP contribution < -0.4 is 5.32 Å². The fourth-order valence-electron chi connectivity index (χ4n) is 1.74. The van der Waals surface area contributed by atoms with E-state index in [0.29, 0.717) is 18.8 Å². The van der Waals surface area contributed by atoms with E-state index in [4.69, 9.17) is 4.74 Å². The summed E-state index contributed by atoms with van der Waals surface area (Å²) in [5.41, 5.74) is 1.39. The van der Waals surface area contributed by atoms with Crippen molar-refractivity contribution in [2.24, 2.45) is 0 Å². The standard InChI is InChI=1S/C10H15N3O2.ClH/c1-2-15-10(14)9-8-6-11-4-3-5-13(8)7-12-9;/h7,11H,2-6H2,1H3;1H. The molecule has 0 aromatic carbocycles. The SMILES string of the molecule is CCOC(=O)c1ncn2c1CNCCC2.Cl. The van der Waals surface area contributed by atoms with Gasteiger partial charge in [-0.1, -0.05) is 0 Å². The van der Waals surface area contributed by atoms with Crippen LogP contribution in [-0.4, -0.2) is 28.7 Å². The van der Waals surface area contributed by atoms with Gasteiger partial charge in [0.2, 0.25) is 0 Å². The van der Waals surface area contributed by atoms with Crippen LogP contribution in [0.4, 0.5) is 0 Å². The van der Waals surface area contributed by atoms with E-state index in [0.717, 1.165) is 25.2 Å². The number of hydrogen-bond donors (Lipinski definition) is 1. The van der Waals surface area contributed by atoms with Crippen LogP contribution in [0.15, 0.2) is 6.33 Å². The minimum absolute atomic E-state index is 0. The maximum absolute atomic E-state index is 11.6. The van der Waals surface area contributed by atoms with Gasteiger partial charge in [0.05, 0.1) is 18.6 Å². The van der Waals surface area contributed by atoms with E-state index >= 15 is 0 Å². The molecule has 0 bridgehead atoms. The first-order chi connectivity index (χ1) is 7.33. The van der Waals surface area contributed by atoms with Crippen LogP contribution in [0, 0.1) is 0 Å². The molecule has 2 heterocycles. The second-order valence-electron chi connectivity index (χ2n) is 3.48. The van der Waals surface area contributed by atoms with Gasteiger partial charge < -0.3 is 14.6 Å². The molecule has 1 aliphatic heterocycles. The maximum Gasteiger partial charge on any atom is 0.358 e. The lowest BCUT2D eigenvalue weighted by Gasteiger charge is -2.04. The third kappa shape index (κ3) is 2.54. The molecule has 2 rings (SSSR count). The Hall–Kier alpha value is -1.07. The van der Waals surface area contributed by atoms with E-state index in [1.165, 1.54) is 0 Å². The third-order valence-corrected chi connectivity index (χ3v) is 2.46. The number of aryl methyl sites for hydroxylation is 1. The number of rotatable bonds is 2. The molecule has 0 spiro atoms. The predicted octanol–water partition coefficient (Wildman–Crippen LogP) is 0.975. The number of carbonyl (C=O) groups is 1. The number of esters is 1. The van der Waals surface area contributed by atoms with Gasteiger partial charge in [0, 0.05) is 13.1 Å². The largest absolute Gasteiger partial charge is 0.461 e. The van der Waals surface area contributed by atoms with Crippen LogP contribution in [0.1, 0.15) is 29.5 Å². The molecular weight excluding hydrogens is 230 g/mol. The summed E-state index contributed by atoms with van der Waals surface area (Å²) in [5, 5.41) is 3.26. The summed E-state index contributed by atoms with van der Waals surface area (Å²) < 4.78 is 6.97. The molecule has 1 N–H and O–H groups in total. The molecular formula is C10H16ClN3O2. The topological polar surface area (TPSA) is 56.1 Å². The molecule has 5 nitrogen and oxygen atoms in total. The Balaban J connectivity index is 0.00000128. The highest BCUT2D eigenvalue weighted by atomic mass is 35.5. The Morgan fingerprint density at radius 3 is 3.25 bits per heavy atom.